The number of hydrogen-bond donors (Lipinski definition) is 6. The Kier molecular flexibility index (Phi) is 9.32. The van der Waals surface area contributed by atoms with Crippen LogP contribution < -0.4 is 10.6 Å². The van der Waals surface area contributed by atoms with E-state index < -0.39 is 6.10 Å². The van der Waals surface area contributed by atoms with Gasteiger partial charge in [0.2, 0.25) is 0 Å². The average molecular weight is 507 g/mol. The maximum absolute atomic E-state index is 12.8. The first-order chi connectivity index (χ1) is 17.5. The molecule has 1 amide bonds. The molecule has 0 unspecified atom stereocenters. The molecule has 1 atom stereocenters. The van der Waals surface area contributed by atoms with Crippen molar-refractivity contribution in [3.8, 4) is 11.5 Å². The van der Waals surface area contributed by atoms with Crippen LogP contribution in [0.2, 0.25) is 0 Å². The Morgan fingerprint density at radius 3 is 2.43 bits per heavy atom. The molecule has 0 radical (unpaired) electrons. The first-order valence-electron chi connectivity index (χ1n) is 12.5. The van der Waals surface area contributed by atoms with Crippen LogP contribution in [0.4, 0.5) is 0 Å². The van der Waals surface area contributed by atoms with Gasteiger partial charge in [0.05, 0.1) is 12.7 Å². The number of carbonyl (C=O) groups excluding carboxylic acids is 1. The number of phenolic OH excluding ortho intramolecular Hbond substituents is 1. The third-order valence-electron chi connectivity index (χ3n) is 6.60. The van der Waals surface area contributed by atoms with Gasteiger partial charge in [-0.1, -0.05) is 24.3 Å². The van der Waals surface area contributed by atoms with E-state index in [0.29, 0.717) is 42.6 Å². The zero-order valence-electron chi connectivity index (χ0n) is 22.0. The van der Waals surface area contributed by atoms with Gasteiger partial charge < -0.3 is 31.1 Å². The molecule has 0 aliphatic carbocycles. The van der Waals surface area contributed by atoms with Crippen LogP contribution in [0.15, 0.2) is 54.6 Å². The van der Waals surface area contributed by atoms with Gasteiger partial charge >= 0.3 is 0 Å². The number of aromatic hydroxyl groups is 2. The molecule has 7 nitrogen and oxygen atoms in total. The molecule has 6 N–H and O–H groups in total. The van der Waals surface area contributed by atoms with Gasteiger partial charge in [0, 0.05) is 29.8 Å². The average Bonchev–Trinajstić information content (AvgIpc) is 2.85. The number of carbonyl (C=O) groups is 1. The lowest BCUT2D eigenvalue weighted by Crippen LogP contribution is -2.43. The van der Waals surface area contributed by atoms with E-state index in [4.69, 9.17) is 0 Å². The largest absolute Gasteiger partial charge is 0.508 e. The van der Waals surface area contributed by atoms with Crippen molar-refractivity contribution in [2.45, 2.75) is 58.8 Å². The van der Waals surface area contributed by atoms with E-state index in [-0.39, 0.29) is 29.6 Å². The Morgan fingerprint density at radius 1 is 0.946 bits per heavy atom. The maximum atomic E-state index is 12.8. The van der Waals surface area contributed by atoms with E-state index in [1.165, 1.54) is 6.07 Å². The Balaban J connectivity index is 1.55. The molecule has 0 aromatic heterocycles. The molecular weight excluding hydrogens is 468 g/mol. The number of amides is 1. The van der Waals surface area contributed by atoms with Gasteiger partial charge in [0.25, 0.3) is 5.91 Å². The van der Waals surface area contributed by atoms with Gasteiger partial charge in [-0.05, 0) is 98.7 Å². The summed E-state index contributed by atoms with van der Waals surface area (Å²) in [6.45, 7) is 8.36. The summed E-state index contributed by atoms with van der Waals surface area (Å²) in [6, 6.07) is 15.9. The van der Waals surface area contributed by atoms with Crippen LogP contribution in [0.1, 0.15) is 63.7 Å². The summed E-state index contributed by atoms with van der Waals surface area (Å²) in [7, 11) is 0. The molecule has 0 spiro atoms. The molecular formula is C30H38N2O5. The smallest absolute Gasteiger partial charge is 0.251 e. The highest BCUT2D eigenvalue weighted by molar-refractivity contribution is 5.94. The number of β-amino-alcohol motifs (C(OH)–C–C–N with tert-alkyl or cyclic N) is 1. The topological polar surface area (TPSA) is 122 Å². The molecule has 0 fully saturated rings. The minimum atomic E-state index is -0.803. The third kappa shape index (κ3) is 7.79. The lowest BCUT2D eigenvalue weighted by Gasteiger charge is -2.28. The number of aliphatic hydroxyl groups is 2. The fourth-order valence-corrected chi connectivity index (χ4v) is 4.37. The number of phenols is 2. The molecule has 0 bridgehead atoms. The summed E-state index contributed by atoms with van der Waals surface area (Å²) in [6.07, 6.45) is 0.520. The standard InChI is InChI=1S/C30H38N2O5/c1-19-13-27(35)20(2)12-22(19)10-11-31-29(37)24-7-5-6-21(14-24)16-30(3,4)32-17-28(36)23-8-9-26(34)25(15-23)18-33/h5-9,12-15,28,32-36H,10-11,16-18H2,1-4H3,(H,31,37)/t28-/m0/s1. The van der Waals surface area contributed by atoms with Crippen LogP contribution in [0.5, 0.6) is 11.5 Å². The maximum Gasteiger partial charge on any atom is 0.251 e. The van der Waals surface area contributed by atoms with Crippen molar-refractivity contribution in [3.63, 3.8) is 0 Å². The van der Waals surface area contributed by atoms with Crippen molar-refractivity contribution in [2.24, 2.45) is 0 Å². The lowest BCUT2D eigenvalue weighted by molar-refractivity contribution is 0.0954. The molecule has 37 heavy (non-hydrogen) atoms. The Hall–Kier alpha value is -3.39. The second-order valence-electron chi connectivity index (χ2n) is 10.3. The zero-order valence-corrected chi connectivity index (χ0v) is 22.0. The SMILES string of the molecule is Cc1cc(CCNC(=O)c2cccc(CC(C)(C)NC[C@H](O)c3ccc(O)c(CO)c3)c2)c(C)cc1O. The number of aryl methyl sites for hydroxylation is 2. The monoisotopic (exact) mass is 506 g/mol. The third-order valence-corrected chi connectivity index (χ3v) is 6.60. The predicted molar refractivity (Wildman–Crippen MR) is 145 cm³/mol. The molecule has 0 aliphatic rings. The number of hydrogen-bond acceptors (Lipinski definition) is 6. The first-order valence-corrected chi connectivity index (χ1v) is 12.5. The van der Waals surface area contributed by atoms with Crippen molar-refractivity contribution in [3.05, 3.63) is 93.5 Å². The van der Waals surface area contributed by atoms with Crippen LogP contribution in [0.25, 0.3) is 0 Å². The van der Waals surface area contributed by atoms with E-state index >= 15 is 0 Å². The van der Waals surface area contributed by atoms with Crippen molar-refractivity contribution < 1.29 is 25.2 Å². The van der Waals surface area contributed by atoms with E-state index in [9.17, 15) is 25.2 Å². The van der Waals surface area contributed by atoms with Gasteiger partial charge in [-0.3, -0.25) is 4.79 Å². The van der Waals surface area contributed by atoms with Crippen LogP contribution >= 0.6 is 0 Å². The van der Waals surface area contributed by atoms with Crippen LogP contribution in [0.3, 0.4) is 0 Å². The second kappa shape index (κ2) is 12.2. The van der Waals surface area contributed by atoms with Crippen LogP contribution in [0, 0.1) is 13.8 Å². The van der Waals surface area contributed by atoms with Gasteiger partial charge in [0.1, 0.15) is 11.5 Å². The molecule has 0 aliphatic heterocycles. The Bertz CT molecular complexity index is 1240. The molecule has 0 saturated heterocycles. The normalized spacial score (nSPS) is 12.4. The molecule has 0 heterocycles. The van der Waals surface area contributed by atoms with Gasteiger partial charge in [0.15, 0.2) is 0 Å². The van der Waals surface area contributed by atoms with Crippen molar-refractivity contribution in [1.82, 2.24) is 10.6 Å². The quantitative estimate of drug-likeness (QED) is 0.235. The van der Waals surface area contributed by atoms with E-state index in [1.54, 1.807) is 24.3 Å². The highest BCUT2D eigenvalue weighted by atomic mass is 16.3. The van der Waals surface area contributed by atoms with E-state index in [0.717, 1.165) is 22.3 Å². The van der Waals surface area contributed by atoms with Crippen molar-refractivity contribution in [2.75, 3.05) is 13.1 Å². The highest BCUT2D eigenvalue weighted by Crippen LogP contribution is 2.24. The number of aliphatic hydroxyl groups excluding tert-OH is 2. The molecule has 3 aromatic carbocycles. The van der Waals surface area contributed by atoms with Gasteiger partial charge in [-0.25, -0.2) is 0 Å². The summed E-state index contributed by atoms with van der Waals surface area (Å²) >= 11 is 0. The summed E-state index contributed by atoms with van der Waals surface area (Å²) in [5, 5.41) is 45.9. The highest BCUT2D eigenvalue weighted by Gasteiger charge is 2.21. The molecule has 7 heteroatoms. The molecule has 3 aromatic rings. The zero-order chi connectivity index (χ0) is 27.2. The number of rotatable bonds is 11. The fraction of sp³-hybridized carbons (Fsp3) is 0.367. The molecule has 3 rings (SSSR count). The fourth-order valence-electron chi connectivity index (χ4n) is 4.37. The van der Waals surface area contributed by atoms with Gasteiger partial charge in [-0.2, -0.15) is 0 Å². The first kappa shape index (κ1) is 28.2. The Morgan fingerprint density at radius 2 is 1.70 bits per heavy atom. The van der Waals surface area contributed by atoms with Crippen LogP contribution in [-0.4, -0.2) is 45.0 Å². The van der Waals surface area contributed by atoms with E-state index in [2.05, 4.69) is 10.6 Å². The summed E-state index contributed by atoms with van der Waals surface area (Å²) in [5.41, 5.74) is 5.13. The summed E-state index contributed by atoms with van der Waals surface area (Å²) in [4.78, 5) is 12.8. The number of benzene rings is 3. The Labute approximate surface area is 218 Å². The number of nitrogens with one attached hydrogen (secondary N) is 2. The molecule has 0 saturated carbocycles. The van der Waals surface area contributed by atoms with Gasteiger partial charge in [-0.15, -0.1) is 0 Å². The van der Waals surface area contributed by atoms with Crippen molar-refractivity contribution in [1.29, 1.82) is 0 Å². The summed E-state index contributed by atoms with van der Waals surface area (Å²) < 4.78 is 0. The van der Waals surface area contributed by atoms with Crippen molar-refractivity contribution >= 4 is 5.91 Å². The predicted octanol–water partition coefficient (Wildman–Crippen LogP) is 3.82. The lowest BCUT2D eigenvalue weighted by atomic mass is 9.93. The molecule has 198 valence electrons. The minimum Gasteiger partial charge on any atom is -0.508 e. The minimum absolute atomic E-state index is 0.00113. The van der Waals surface area contributed by atoms with E-state index in [1.807, 2.05) is 52.0 Å². The summed E-state index contributed by atoms with van der Waals surface area (Å²) in [5.74, 6) is 0.148. The van der Waals surface area contributed by atoms with Crippen LogP contribution in [-0.2, 0) is 19.4 Å². The second-order valence-corrected chi connectivity index (χ2v) is 10.3.